The maximum absolute atomic E-state index is 13.0. The summed E-state index contributed by atoms with van der Waals surface area (Å²) in [5.74, 6) is -0.326. The summed E-state index contributed by atoms with van der Waals surface area (Å²) in [5.41, 5.74) is 1.00. The van der Waals surface area contributed by atoms with Gasteiger partial charge in [-0.3, -0.25) is 0 Å². The van der Waals surface area contributed by atoms with Gasteiger partial charge in [-0.25, -0.2) is 4.39 Å². The molecule has 0 aliphatic heterocycles. The zero-order valence-electron chi connectivity index (χ0n) is 8.32. The van der Waals surface area contributed by atoms with Crippen molar-refractivity contribution in [3.63, 3.8) is 0 Å². The molecule has 0 saturated carbocycles. The standard InChI is InChI=1S/C11H15ClFN/c1-2-14-7-3-4-9-5-6-10(12)11(13)8-9/h5-6,8,14H,2-4,7H2,1H3. The Kier molecular flexibility index (Phi) is 4.91. The van der Waals surface area contributed by atoms with Crippen molar-refractivity contribution in [1.29, 1.82) is 0 Å². The fourth-order valence-corrected chi connectivity index (χ4v) is 1.41. The van der Waals surface area contributed by atoms with Gasteiger partial charge < -0.3 is 5.32 Å². The Balaban J connectivity index is 2.39. The molecule has 0 bridgehead atoms. The van der Waals surface area contributed by atoms with Gasteiger partial charge in [0.05, 0.1) is 5.02 Å². The molecule has 78 valence electrons. The van der Waals surface area contributed by atoms with Crippen molar-refractivity contribution in [2.24, 2.45) is 0 Å². The molecule has 3 heteroatoms. The molecule has 1 aromatic carbocycles. The van der Waals surface area contributed by atoms with E-state index in [-0.39, 0.29) is 10.8 Å². The van der Waals surface area contributed by atoms with E-state index >= 15 is 0 Å². The average Bonchev–Trinajstić information content (AvgIpc) is 2.18. The van der Waals surface area contributed by atoms with Crippen LogP contribution in [0.25, 0.3) is 0 Å². The highest BCUT2D eigenvalue weighted by molar-refractivity contribution is 6.30. The van der Waals surface area contributed by atoms with Gasteiger partial charge in [-0.2, -0.15) is 0 Å². The summed E-state index contributed by atoms with van der Waals surface area (Å²) in [4.78, 5) is 0. The van der Waals surface area contributed by atoms with E-state index in [0.29, 0.717) is 0 Å². The SMILES string of the molecule is CCNCCCc1ccc(Cl)c(F)c1. The summed E-state index contributed by atoms with van der Waals surface area (Å²) in [5, 5.41) is 3.42. The summed E-state index contributed by atoms with van der Waals surface area (Å²) in [7, 11) is 0. The van der Waals surface area contributed by atoms with Crippen LogP contribution in [0.5, 0.6) is 0 Å². The van der Waals surface area contributed by atoms with Crippen molar-refractivity contribution in [3.8, 4) is 0 Å². The number of hydrogen-bond donors (Lipinski definition) is 1. The van der Waals surface area contributed by atoms with Crippen molar-refractivity contribution >= 4 is 11.6 Å². The molecule has 0 saturated heterocycles. The Bertz CT molecular complexity index is 289. The third-order valence-corrected chi connectivity index (χ3v) is 2.36. The van der Waals surface area contributed by atoms with Gasteiger partial charge >= 0.3 is 0 Å². The molecule has 0 aromatic heterocycles. The van der Waals surface area contributed by atoms with Crippen LogP contribution in [-0.2, 0) is 6.42 Å². The number of benzene rings is 1. The van der Waals surface area contributed by atoms with E-state index in [9.17, 15) is 4.39 Å². The lowest BCUT2D eigenvalue weighted by molar-refractivity contribution is 0.622. The van der Waals surface area contributed by atoms with Crippen LogP contribution >= 0.6 is 11.6 Å². The normalized spacial score (nSPS) is 10.5. The highest BCUT2D eigenvalue weighted by Gasteiger charge is 2.00. The zero-order valence-corrected chi connectivity index (χ0v) is 9.07. The number of hydrogen-bond acceptors (Lipinski definition) is 1. The fraction of sp³-hybridized carbons (Fsp3) is 0.455. The first kappa shape index (κ1) is 11.5. The number of aryl methyl sites for hydroxylation is 1. The summed E-state index contributed by atoms with van der Waals surface area (Å²) < 4.78 is 13.0. The molecule has 0 aliphatic carbocycles. The van der Waals surface area contributed by atoms with Crippen molar-refractivity contribution in [2.45, 2.75) is 19.8 Å². The minimum Gasteiger partial charge on any atom is -0.317 e. The summed E-state index contributed by atoms with van der Waals surface area (Å²) in [6.07, 6.45) is 1.91. The Hall–Kier alpha value is -0.600. The molecule has 0 heterocycles. The van der Waals surface area contributed by atoms with Crippen molar-refractivity contribution < 1.29 is 4.39 Å². The van der Waals surface area contributed by atoms with Crippen LogP contribution in [0.3, 0.4) is 0 Å². The molecular weight excluding hydrogens is 201 g/mol. The second-order valence-corrected chi connectivity index (χ2v) is 3.61. The van der Waals surface area contributed by atoms with Gasteiger partial charge in [0.2, 0.25) is 0 Å². The predicted molar refractivity (Wildman–Crippen MR) is 58.3 cm³/mol. The summed E-state index contributed by atoms with van der Waals surface area (Å²) in [6.45, 7) is 4.03. The first-order valence-corrected chi connectivity index (χ1v) is 5.26. The van der Waals surface area contributed by atoms with Crippen molar-refractivity contribution in [2.75, 3.05) is 13.1 Å². The lowest BCUT2D eigenvalue weighted by atomic mass is 10.1. The molecule has 0 fully saturated rings. The summed E-state index contributed by atoms with van der Waals surface area (Å²) >= 11 is 5.58. The van der Waals surface area contributed by atoms with E-state index in [1.54, 1.807) is 6.07 Å². The summed E-state index contributed by atoms with van der Waals surface area (Å²) in [6, 6.07) is 4.99. The van der Waals surface area contributed by atoms with E-state index in [2.05, 4.69) is 12.2 Å². The molecule has 1 nitrogen and oxygen atoms in total. The lowest BCUT2D eigenvalue weighted by Crippen LogP contribution is -2.14. The smallest absolute Gasteiger partial charge is 0.142 e. The molecule has 14 heavy (non-hydrogen) atoms. The van der Waals surface area contributed by atoms with E-state index < -0.39 is 0 Å². The van der Waals surface area contributed by atoms with Gasteiger partial charge in [0, 0.05) is 0 Å². The highest BCUT2D eigenvalue weighted by atomic mass is 35.5. The molecule has 0 amide bonds. The van der Waals surface area contributed by atoms with Crippen LogP contribution in [0.1, 0.15) is 18.9 Å². The maximum atomic E-state index is 13.0. The largest absolute Gasteiger partial charge is 0.317 e. The van der Waals surface area contributed by atoms with E-state index in [1.807, 2.05) is 6.07 Å². The molecule has 0 spiro atoms. The van der Waals surface area contributed by atoms with E-state index in [4.69, 9.17) is 11.6 Å². The monoisotopic (exact) mass is 215 g/mol. The van der Waals surface area contributed by atoms with Crippen LogP contribution < -0.4 is 5.32 Å². The molecule has 0 atom stereocenters. The van der Waals surface area contributed by atoms with Crippen LogP contribution in [0, 0.1) is 5.82 Å². The van der Waals surface area contributed by atoms with Crippen molar-refractivity contribution in [3.05, 3.63) is 34.6 Å². The molecule has 0 radical (unpaired) electrons. The van der Waals surface area contributed by atoms with Crippen LogP contribution in [0.4, 0.5) is 4.39 Å². The third kappa shape index (κ3) is 3.64. The number of nitrogens with one attached hydrogen (secondary N) is 1. The molecule has 1 rings (SSSR count). The van der Waals surface area contributed by atoms with Crippen LogP contribution in [-0.4, -0.2) is 13.1 Å². The topological polar surface area (TPSA) is 12.0 Å². The second-order valence-electron chi connectivity index (χ2n) is 3.21. The number of halogens is 2. The van der Waals surface area contributed by atoms with E-state index in [1.165, 1.54) is 6.07 Å². The van der Waals surface area contributed by atoms with Gasteiger partial charge in [-0.05, 0) is 43.6 Å². The highest BCUT2D eigenvalue weighted by Crippen LogP contribution is 2.16. The first-order chi connectivity index (χ1) is 6.74. The predicted octanol–water partition coefficient (Wildman–Crippen LogP) is 3.02. The lowest BCUT2D eigenvalue weighted by Gasteiger charge is -2.03. The fourth-order valence-electron chi connectivity index (χ4n) is 1.29. The third-order valence-electron chi connectivity index (χ3n) is 2.05. The Labute approximate surface area is 89.3 Å². The number of rotatable bonds is 5. The Morgan fingerprint density at radius 2 is 2.21 bits per heavy atom. The molecule has 0 unspecified atom stereocenters. The van der Waals surface area contributed by atoms with Crippen LogP contribution in [0.2, 0.25) is 5.02 Å². The first-order valence-electron chi connectivity index (χ1n) is 4.88. The van der Waals surface area contributed by atoms with Gasteiger partial charge in [-0.1, -0.05) is 24.6 Å². The van der Waals surface area contributed by atoms with Gasteiger partial charge in [0.1, 0.15) is 5.82 Å². The molecule has 1 aromatic rings. The Morgan fingerprint density at radius 1 is 1.43 bits per heavy atom. The van der Waals surface area contributed by atoms with Gasteiger partial charge in [0.15, 0.2) is 0 Å². The van der Waals surface area contributed by atoms with Crippen LogP contribution in [0.15, 0.2) is 18.2 Å². The van der Waals surface area contributed by atoms with Crippen molar-refractivity contribution in [1.82, 2.24) is 5.32 Å². The average molecular weight is 216 g/mol. The molecule has 1 N–H and O–H groups in total. The molecular formula is C11H15ClFN. The van der Waals surface area contributed by atoms with Gasteiger partial charge in [-0.15, -0.1) is 0 Å². The molecule has 0 aliphatic rings. The Morgan fingerprint density at radius 3 is 2.86 bits per heavy atom. The quantitative estimate of drug-likeness (QED) is 0.745. The van der Waals surface area contributed by atoms with E-state index in [0.717, 1.165) is 31.5 Å². The maximum Gasteiger partial charge on any atom is 0.142 e. The minimum atomic E-state index is -0.326. The zero-order chi connectivity index (χ0) is 10.4. The van der Waals surface area contributed by atoms with Gasteiger partial charge in [0.25, 0.3) is 0 Å². The minimum absolute atomic E-state index is 0.195. The second kappa shape index (κ2) is 5.99.